The third-order valence-corrected chi connectivity index (χ3v) is 2.23. The van der Waals surface area contributed by atoms with E-state index in [-0.39, 0.29) is 18.4 Å². The highest BCUT2D eigenvalue weighted by atomic mass is 35.5. The highest BCUT2D eigenvalue weighted by Crippen LogP contribution is 2.30. The van der Waals surface area contributed by atoms with Crippen molar-refractivity contribution in [3.05, 3.63) is 47.5 Å². The van der Waals surface area contributed by atoms with Gasteiger partial charge in [-0.05, 0) is 31.0 Å². The normalized spacial score (nSPS) is 12.8. The Kier molecular flexibility index (Phi) is 5.72. The summed E-state index contributed by atoms with van der Waals surface area (Å²) in [7, 11) is 0. The standard InChI is InChI=1S/C12H14F3N.ClH/c1-8(2)7-11(16)9-3-5-10(6-4-9)12(13,14)15;/h3-6,11H,1,7,16H2,2H3;1H/t11-;/m1./s1. The Hall–Kier alpha value is -1.00. The molecule has 1 aromatic carbocycles. The Labute approximate surface area is 105 Å². The van der Waals surface area contributed by atoms with Crippen molar-refractivity contribution in [2.45, 2.75) is 25.6 Å². The van der Waals surface area contributed by atoms with Crippen molar-refractivity contribution in [2.75, 3.05) is 0 Å². The SMILES string of the molecule is C=C(C)C[C@@H](N)c1ccc(C(F)(F)F)cc1.Cl. The molecule has 0 aliphatic carbocycles. The molecule has 0 saturated heterocycles. The first-order valence-corrected chi connectivity index (χ1v) is 4.88. The fraction of sp³-hybridized carbons (Fsp3) is 0.333. The molecule has 0 unspecified atom stereocenters. The van der Waals surface area contributed by atoms with E-state index in [4.69, 9.17) is 5.73 Å². The van der Waals surface area contributed by atoms with Crippen LogP contribution in [0.25, 0.3) is 0 Å². The van der Waals surface area contributed by atoms with Crippen LogP contribution < -0.4 is 5.73 Å². The highest BCUT2D eigenvalue weighted by molar-refractivity contribution is 5.85. The predicted octanol–water partition coefficient (Wildman–Crippen LogP) is 4.09. The molecule has 96 valence electrons. The van der Waals surface area contributed by atoms with Crippen LogP contribution in [-0.2, 0) is 6.18 Å². The molecule has 0 spiro atoms. The Morgan fingerprint density at radius 1 is 1.29 bits per heavy atom. The van der Waals surface area contributed by atoms with Gasteiger partial charge in [-0.15, -0.1) is 19.0 Å². The summed E-state index contributed by atoms with van der Waals surface area (Å²) >= 11 is 0. The fourth-order valence-corrected chi connectivity index (χ4v) is 1.41. The van der Waals surface area contributed by atoms with E-state index in [1.807, 2.05) is 6.92 Å². The van der Waals surface area contributed by atoms with Gasteiger partial charge < -0.3 is 5.73 Å². The molecule has 1 aromatic rings. The van der Waals surface area contributed by atoms with Crippen molar-refractivity contribution in [1.29, 1.82) is 0 Å². The molecule has 5 heteroatoms. The molecule has 0 saturated carbocycles. The summed E-state index contributed by atoms with van der Waals surface area (Å²) in [5, 5.41) is 0. The number of alkyl halides is 3. The zero-order chi connectivity index (χ0) is 12.3. The van der Waals surface area contributed by atoms with Gasteiger partial charge in [0.1, 0.15) is 0 Å². The van der Waals surface area contributed by atoms with Crippen LogP contribution in [0, 0.1) is 0 Å². The van der Waals surface area contributed by atoms with Crippen molar-refractivity contribution in [2.24, 2.45) is 5.73 Å². The van der Waals surface area contributed by atoms with Gasteiger partial charge in [-0.1, -0.05) is 17.7 Å². The van der Waals surface area contributed by atoms with E-state index in [0.717, 1.165) is 17.7 Å². The molecule has 1 rings (SSSR count). The minimum absolute atomic E-state index is 0. The molecule has 0 heterocycles. The van der Waals surface area contributed by atoms with Crippen LogP contribution in [0.15, 0.2) is 36.4 Å². The van der Waals surface area contributed by atoms with Gasteiger partial charge in [0, 0.05) is 6.04 Å². The lowest BCUT2D eigenvalue weighted by atomic mass is 10.00. The van der Waals surface area contributed by atoms with Crippen LogP contribution in [-0.4, -0.2) is 0 Å². The van der Waals surface area contributed by atoms with Crippen molar-refractivity contribution in [1.82, 2.24) is 0 Å². The Morgan fingerprint density at radius 2 is 1.76 bits per heavy atom. The largest absolute Gasteiger partial charge is 0.416 e. The van der Waals surface area contributed by atoms with E-state index >= 15 is 0 Å². The van der Waals surface area contributed by atoms with Crippen LogP contribution >= 0.6 is 12.4 Å². The van der Waals surface area contributed by atoms with E-state index in [1.165, 1.54) is 12.1 Å². The second-order valence-corrected chi connectivity index (χ2v) is 3.89. The minimum Gasteiger partial charge on any atom is -0.324 e. The van der Waals surface area contributed by atoms with Crippen LogP contribution in [0.4, 0.5) is 13.2 Å². The predicted molar refractivity (Wildman–Crippen MR) is 65.1 cm³/mol. The van der Waals surface area contributed by atoms with Gasteiger partial charge in [-0.3, -0.25) is 0 Å². The van der Waals surface area contributed by atoms with Gasteiger partial charge >= 0.3 is 6.18 Å². The monoisotopic (exact) mass is 265 g/mol. The lowest BCUT2D eigenvalue weighted by Crippen LogP contribution is -2.11. The Balaban J connectivity index is 0.00000256. The summed E-state index contributed by atoms with van der Waals surface area (Å²) in [5.41, 5.74) is 6.76. The number of benzene rings is 1. The second-order valence-electron chi connectivity index (χ2n) is 3.89. The average Bonchev–Trinajstić information content (AvgIpc) is 2.15. The minimum atomic E-state index is -4.29. The molecular formula is C12H15ClF3N. The molecule has 1 nitrogen and oxygen atoms in total. The van der Waals surface area contributed by atoms with Crippen molar-refractivity contribution >= 4 is 12.4 Å². The molecule has 0 bridgehead atoms. The third-order valence-electron chi connectivity index (χ3n) is 2.23. The van der Waals surface area contributed by atoms with Crippen molar-refractivity contribution in [3.8, 4) is 0 Å². The lowest BCUT2D eigenvalue weighted by molar-refractivity contribution is -0.137. The molecule has 0 aliphatic heterocycles. The topological polar surface area (TPSA) is 26.0 Å². The van der Waals surface area contributed by atoms with Crippen LogP contribution in [0.1, 0.15) is 30.5 Å². The van der Waals surface area contributed by atoms with Crippen LogP contribution in [0.2, 0.25) is 0 Å². The molecule has 0 radical (unpaired) electrons. The van der Waals surface area contributed by atoms with E-state index in [2.05, 4.69) is 6.58 Å². The maximum Gasteiger partial charge on any atom is 0.416 e. The first kappa shape index (κ1) is 16.0. The maximum absolute atomic E-state index is 12.3. The summed E-state index contributed by atoms with van der Waals surface area (Å²) in [5.74, 6) is 0. The summed E-state index contributed by atoms with van der Waals surface area (Å²) in [6, 6.07) is 4.63. The summed E-state index contributed by atoms with van der Waals surface area (Å²) in [6.07, 6.45) is -3.72. The number of halogens is 4. The maximum atomic E-state index is 12.3. The Morgan fingerprint density at radius 3 is 2.12 bits per heavy atom. The first-order chi connectivity index (χ1) is 7.30. The molecule has 0 fully saturated rings. The van der Waals surface area contributed by atoms with E-state index in [9.17, 15) is 13.2 Å². The van der Waals surface area contributed by atoms with Gasteiger partial charge in [0.15, 0.2) is 0 Å². The van der Waals surface area contributed by atoms with Crippen LogP contribution in [0.5, 0.6) is 0 Å². The molecule has 2 N–H and O–H groups in total. The summed E-state index contributed by atoms with van der Waals surface area (Å²) < 4.78 is 36.9. The van der Waals surface area contributed by atoms with Gasteiger partial charge in [0.25, 0.3) is 0 Å². The van der Waals surface area contributed by atoms with Gasteiger partial charge in [0.05, 0.1) is 5.56 Å². The average molecular weight is 266 g/mol. The molecule has 0 aromatic heterocycles. The third kappa shape index (κ3) is 4.79. The van der Waals surface area contributed by atoms with Gasteiger partial charge in [-0.2, -0.15) is 13.2 Å². The Bertz CT molecular complexity index is 370. The fourth-order valence-electron chi connectivity index (χ4n) is 1.41. The molecule has 1 atom stereocenters. The number of hydrogen-bond acceptors (Lipinski definition) is 1. The lowest BCUT2D eigenvalue weighted by Gasteiger charge is -2.13. The van der Waals surface area contributed by atoms with Gasteiger partial charge in [0.2, 0.25) is 0 Å². The highest BCUT2D eigenvalue weighted by Gasteiger charge is 2.30. The summed E-state index contributed by atoms with van der Waals surface area (Å²) in [4.78, 5) is 0. The van der Waals surface area contributed by atoms with E-state index < -0.39 is 11.7 Å². The zero-order valence-electron chi connectivity index (χ0n) is 9.42. The number of hydrogen-bond donors (Lipinski definition) is 1. The van der Waals surface area contributed by atoms with Crippen molar-refractivity contribution in [3.63, 3.8) is 0 Å². The molecular weight excluding hydrogens is 251 g/mol. The van der Waals surface area contributed by atoms with Gasteiger partial charge in [-0.25, -0.2) is 0 Å². The number of nitrogens with two attached hydrogens (primary N) is 1. The van der Waals surface area contributed by atoms with E-state index in [1.54, 1.807) is 0 Å². The smallest absolute Gasteiger partial charge is 0.324 e. The number of rotatable bonds is 3. The van der Waals surface area contributed by atoms with E-state index in [0.29, 0.717) is 12.0 Å². The quantitative estimate of drug-likeness (QED) is 0.819. The summed E-state index contributed by atoms with van der Waals surface area (Å²) in [6.45, 7) is 5.55. The second kappa shape index (κ2) is 6.07. The van der Waals surface area contributed by atoms with Crippen molar-refractivity contribution < 1.29 is 13.2 Å². The zero-order valence-corrected chi connectivity index (χ0v) is 10.2. The molecule has 0 amide bonds. The molecule has 17 heavy (non-hydrogen) atoms. The molecule has 0 aliphatic rings. The van der Waals surface area contributed by atoms with Crippen LogP contribution in [0.3, 0.4) is 0 Å². The first-order valence-electron chi connectivity index (χ1n) is 4.88.